The van der Waals surface area contributed by atoms with Crippen molar-refractivity contribution >= 4 is 46.0 Å². The van der Waals surface area contributed by atoms with Crippen LogP contribution in [0.15, 0.2) is 71.9 Å². The fraction of sp³-hybridized carbons (Fsp3) is 0.160. The largest absolute Gasteiger partial charge is 0.495 e. The fourth-order valence-electron chi connectivity index (χ4n) is 3.52. The Morgan fingerprint density at radius 2 is 1.85 bits per heavy atom. The first-order valence-corrected chi connectivity index (χ1v) is 11.4. The van der Waals surface area contributed by atoms with Crippen LogP contribution in [0.25, 0.3) is 16.7 Å². The van der Waals surface area contributed by atoms with Crippen LogP contribution in [0.1, 0.15) is 12.5 Å². The number of benzene rings is 3. The number of anilines is 2. The van der Waals surface area contributed by atoms with Gasteiger partial charge in [0.05, 0.1) is 29.6 Å². The topological polar surface area (TPSA) is 85.2 Å². The monoisotopic (exact) mass is 460 g/mol. The summed E-state index contributed by atoms with van der Waals surface area (Å²) in [6.07, 6.45) is 0. The van der Waals surface area contributed by atoms with Crippen molar-refractivity contribution < 1.29 is 14.3 Å². The Kier molecular flexibility index (Phi) is 6.65. The lowest BCUT2D eigenvalue weighted by Crippen LogP contribution is -2.16. The molecular formula is C25H24N4O3S. The Hall–Kier alpha value is -3.78. The molecule has 0 radical (unpaired) electrons. The van der Waals surface area contributed by atoms with Gasteiger partial charge in [-0.25, -0.2) is 4.98 Å². The minimum atomic E-state index is -0.207. The molecule has 4 aromatic rings. The molecule has 7 nitrogen and oxygen atoms in total. The molecule has 8 heteroatoms. The van der Waals surface area contributed by atoms with Gasteiger partial charge in [0.15, 0.2) is 5.16 Å². The number of carbonyl (C=O) groups is 2. The lowest BCUT2D eigenvalue weighted by molar-refractivity contribution is -0.114. The van der Waals surface area contributed by atoms with E-state index >= 15 is 0 Å². The number of aromatic nitrogens is 2. The summed E-state index contributed by atoms with van der Waals surface area (Å²) in [4.78, 5) is 28.9. The van der Waals surface area contributed by atoms with Gasteiger partial charge in [0.2, 0.25) is 11.8 Å². The van der Waals surface area contributed by atoms with Gasteiger partial charge in [-0.2, -0.15) is 0 Å². The van der Waals surface area contributed by atoms with Crippen LogP contribution in [0, 0.1) is 6.92 Å². The number of thioether (sulfide) groups is 1. The van der Waals surface area contributed by atoms with Crippen molar-refractivity contribution in [1.82, 2.24) is 9.55 Å². The number of ether oxygens (including phenoxy) is 1. The smallest absolute Gasteiger partial charge is 0.234 e. The van der Waals surface area contributed by atoms with Gasteiger partial charge in [0.1, 0.15) is 5.75 Å². The highest BCUT2D eigenvalue weighted by Crippen LogP contribution is 2.30. The van der Waals surface area contributed by atoms with Crippen molar-refractivity contribution in [3.63, 3.8) is 0 Å². The van der Waals surface area contributed by atoms with E-state index in [4.69, 9.17) is 9.72 Å². The van der Waals surface area contributed by atoms with Gasteiger partial charge in [-0.15, -0.1) is 0 Å². The van der Waals surface area contributed by atoms with E-state index in [2.05, 4.69) is 21.3 Å². The molecule has 0 atom stereocenters. The fourth-order valence-corrected chi connectivity index (χ4v) is 4.35. The average Bonchev–Trinajstić information content (AvgIpc) is 3.16. The molecule has 0 aliphatic rings. The van der Waals surface area contributed by atoms with Gasteiger partial charge in [-0.3, -0.25) is 14.2 Å². The molecule has 0 aliphatic heterocycles. The van der Waals surface area contributed by atoms with Gasteiger partial charge < -0.3 is 15.4 Å². The first-order chi connectivity index (χ1) is 15.9. The second-order valence-electron chi connectivity index (χ2n) is 7.49. The predicted octanol–water partition coefficient (Wildman–Crippen LogP) is 5.03. The van der Waals surface area contributed by atoms with E-state index in [0.29, 0.717) is 17.1 Å². The summed E-state index contributed by atoms with van der Waals surface area (Å²) < 4.78 is 7.41. The van der Waals surface area contributed by atoms with E-state index in [-0.39, 0.29) is 17.6 Å². The number of fused-ring (bicyclic) bond motifs is 1. The average molecular weight is 461 g/mol. The van der Waals surface area contributed by atoms with Crippen molar-refractivity contribution in [2.24, 2.45) is 0 Å². The summed E-state index contributed by atoms with van der Waals surface area (Å²) in [6, 6.07) is 21.2. The van der Waals surface area contributed by atoms with Crippen LogP contribution in [0.3, 0.4) is 0 Å². The number of para-hydroxylation sites is 2. The molecular weight excluding hydrogens is 436 g/mol. The molecule has 0 spiro atoms. The van der Waals surface area contributed by atoms with E-state index in [0.717, 1.165) is 27.4 Å². The lowest BCUT2D eigenvalue weighted by atomic mass is 10.2. The van der Waals surface area contributed by atoms with E-state index in [1.807, 2.05) is 49.4 Å². The van der Waals surface area contributed by atoms with E-state index in [1.165, 1.54) is 25.8 Å². The maximum absolute atomic E-state index is 12.8. The van der Waals surface area contributed by atoms with Crippen LogP contribution in [0.5, 0.6) is 5.75 Å². The van der Waals surface area contributed by atoms with Crippen molar-refractivity contribution in [1.29, 1.82) is 0 Å². The number of nitrogens with zero attached hydrogens (tertiary/aromatic N) is 2. The third-order valence-electron chi connectivity index (χ3n) is 4.92. The second-order valence-corrected chi connectivity index (χ2v) is 8.43. The van der Waals surface area contributed by atoms with Crippen LogP contribution >= 0.6 is 11.8 Å². The quantitative estimate of drug-likeness (QED) is 0.378. The summed E-state index contributed by atoms with van der Waals surface area (Å²) in [7, 11) is 1.53. The molecule has 1 heterocycles. The maximum atomic E-state index is 12.8. The molecule has 0 fully saturated rings. The number of carbonyl (C=O) groups excluding carboxylic acids is 2. The maximum Gasteiger partial charge on any atom is 0.234 e. The Morgan fingerprint density at radius 1 is 1.03 bits per heavy atom. The SMILES string of the molecule is COc1ccc(NC(C)=O)cc1NC(=O)CSc1nc2ccccc2n1-c1cccc(C)c1. The number of amides is 2. The molecule has 4 rings (SSSR count). The van der Waals surface area contributed by atoms with Crippen molar-refractivity contribution in [3.05, 3.63) is 72.3 Å². The Morgan fingerprint density at radius 3 is 2.61 bits per heavy atom. The molecule has 2 N–H and O–H groups in total. The van der Waals surface area contributed by atoms with Gasteiger partial charge in [0, 0.05) is 18.3 Å². The number of methoxy groups -OCH3 is 1. The molecule has 0 saturated heterocycles. The molecule has 3 aromatic carbocycles. The van der Waals surface area contributed by atoms with E-state index in [1.54, 1.807) is 18.2 Å². The van der Waals surface area contributed by atoms with Crippen LogP contribution in [0.4, 0.5) is 11.4 Å². The molecule has 2 amide bonds. The minimum Gasteiger partial charge on any atom is -0.495 e. The van der Waals surface area contributed by atoms with E-state index in [9.17, 15) is 9.59 Å². The predicted molar refractivity (Wildman–Crippen MR) is 132 cm³/mol. The summed E-state index contributed by atoms with van der Waals surface area (Å²) in [5.74, 6) is 0.265. The summed E-state index contributed by atoms with van der Waals surface area (Å²) >= 11 is 1.36. The van der Waals surface area contributed by atoms with Crippen LogP contribution in [0.2, 0.25) is 0 Å². The van der Waals surface area contributed by atoms with Crippen LogP contribution in [-0.4, -0.2) is 34.2 Å². The lowest BCUT2D eigenvalue weighted by Gasteiger charge is -2.13. The van der Waals surface area contributed by atoms with Crippen molar-refractivity contribution in [2.45, 2.75) is 19.0 Å². The molecule has 0 aliphatic carbocycles. The van der Waals surface area contributed by atoms with Gasteiger partial charge in [0.25, 0.3) is 0 Å². The van der Waals surface area contributed by atoms with Gasteiger partial charge in [-0.05, 0) is 55.0 Å². The number of nitrogens with one attached hydrogen (secondary N) is 2. The number of rotatable bonds is 7. The molecule has 1 aromatic heterocycles. The molecule has 0 unspecified atom stereocenters. The third-order valence-corrected chi connectivity index (χ3v) is 5.85. The van der Waals surface area contributed by atoms with Crippen LogP contribution < -0.4 is 15.4 Å². The van der Waals surface area contributed by atoms with Crippen molar-refractivity contribution in [3.8, 4) is 11.4 Å². The summed E-state index contributed by atoms with van der Waals surface area (Å²) in [6.45, 7) is 3.48. The second kappa shape index (κ2) is 9.79. The van der Waals surface area contributed by atoms with Gasteiger partial charge in [-0.1, -0.05) is 36.0 Å². The zero-order valence-corrected chi connectivity index (χ0v) is 19.4. The molecule has 0 bridgehead atoms. The van der Waals surface area contributed by atoms with Gasteiger partial charge >= 0.3 is 0 Å². The highest BCUT2D eigenvalue weighted by Gasteiger charge is 2.16. The van der Waals surface area contributed by atoms with Crippen molar-refractivity contribution in [2.75, 3.05) is 23.5 Å². The Balaban J connectivity index is 1.56. The number of hydrogen-bond acceptors (Lipinski definition) is 5. The standard InChI is InChI=1S/C25H24N4O3S/c1-16-7-6-8-19(13-16)29-22-10-5-4-9-20(22)28-25(29)33-15-24(31)27-21-14-18(26-17(2)30)11-12-23(21)32-3/h4-14H,15H2,1-3H3,(H,26,30)(H,27,31). The number of imidazole rings is 1. The minimum absolute atomic E-state index is 0.155. The highest BCUT2D eigenvalue weighted by molar-refractivity contribution is 7.99. The summed E-state index contributed by atoms with van der Waals surface area (Å²) in [5.41, 5.74) is 5.05. The Labute approximate surface area is 196 Å². The first kappa shape index (κ1) is 22.4. The zero-order valence-electron chi connectivity index (χ0n) is 18.6. The number of hydrogen-bond donors (Lipinski definition) is 2. The highest BCUT2D eigenvalue weighted by atomic mass is 32.2. The zero-order chi connectivity index (χ0) is 23.4. The first-order valence-electron chi connectivity index (χ1n) is 10.4. The summed E-state index contributed by atoms with van der Waals surface area (Å²) in [5, 5.41) is 6.31. The Bertz CT molecular complexity index is 1330. The molecule has 0 saturated carbocycles. The normalized spacial score (nSPS) is 10.8. The third kappa shape index (κ3) is 5.18. The van der Waals surface area contributed by atoms with Crippen LogP contribution in [-0.2, 0) is 9.59 Å². The molecule has 33 heavy (non-hydrogen) atoms. The molecule has 168 valence electrons. The number of aryl methyl sites for hydroxylation is 1. The van der Waals surface area contributed by atoms with E-state index < -0.39 is 0 Å².